The van der Waals surface area contributed by atoms with Crippen molar-refractivity contribution in [1.29, 1.82) is 0 Å². The Hall–Kier alpha value is -2.47. The van der Waals surface area contributed by atoms with Crippen molar-refractivity contribution < 1.29 is 14.0 Å². The largest absolute Gasteiger partial charge is 0.450 e. The average Bonchev–Trinajstić information content (AvgIpc) is 3.23. The highest BCUT2D eigenvalue weighted by Crippen LogP contribution is 2.35. The van der Waals surface area contributed by atoms with Crippen LogP contribution in [0, 0.1) is 0 Å². The number of furan rings is 1. The maximum absolute atomic E-state index is 12.6. The second kappa shape index (κ2) is 7.41. The highest BCUT2D eigenvalue weighted by molar-refractivity contribution is 7.99. The quantitative estimate of drug-likeness (QED) is 0.650. The van der Waals surface area contributed by atoms with Gasteiger partial charge in [-0.15, -0.1) is 0 Å². The number of carbonyl (C=O) groups is 2. The number of carbonyl (C=O) groups excluding carboxylic acids is 2. The Balaban J connectivity index is 1.49. The van der Waals surface area contributed by atoms with Gasteiger partial charge in [0.05, 0.1) is 5.69 Å². The molecule has 5 nitrogen and oxygen atoms in total. The third-order valence-electron chi connectivity index (χ3n) is 4.63. The number of hydrogen-bond donors (Lipinski definition) is 1. The molecule has 134 valence electrons. The number of amides is 2. The van der Waals surface area contributed by atoms with Gasteiger partial charge in [-0.05, 0) is 43.2 Å². The van der Waals surface area contributed by atoms with Gasteiger partial charge in [0, 0.05) is 5.25 Å². The summed E-state index contributed by atoms with van der Waals surface area (Å²) in [5.74, 6) is -0.271. The van der Waals surface area contributed by atoms with E-state index >= 15 is 0 Å². The second-order valence-corrected chi connectivity index (χ2v) is 7.81. The molecule has 1 saturated heterocycles. The molecular weight excluding hydrogens is 348 g/mol. The van der Waals surface area contributed by atoms with Crippen LogP contribution in [-0.2, 0) is 9.59 Å². The van der Waals surface area contributed by atoms with Gasteiger partial charge >= 0.3 is 0 Å². The van der Waals surface area contributed by atoms with E-state index in [1.165, 1.54) is 43.2 Å². The highest BCUT2D eigenvalue weighted by Gasteiger charge is 2.34. The molecule has 0 atom stereocenters. The van der Waals surface area contributed by atoms with Crippen LogP contribution in [0.1, 0.15) is 37.9 Å². The zero-order valence-corrected chi connectivity index (χ0v) is 15.1. The van der Waals surface area contributed by atoms with Crippen LogP contribution in [0.3, 0.4) is 0 Å². The molecule has 1 aromatic carbocycles. The first kappa shape index (κ1) is 17.0. The number of hydrogen-bond acceptors (Lipinski definition) is 4. The molecular formula is C20H20N2O3S. The maximum Gasteiger partial charge on any atom is 0.282 e. The predicted molar refractivity (Wildman–Crippen MR) is 101 cm³/mol. The van der Waals surface area contributed by atoms with Crippen molar-refractivity contribution in [1.82, 2.24) is 5.43 Å². The van der Waals surface area contributed by atoms with Crippen molar-refractivity contribution in [3.8, 4) is 0 Å². The van der Waals surface area contributed by atoms with E-state index in [9.17, 15) is 9.59 Å². The van der Waals surface area contributed by atoms with Crippen molar-refractivity contribution >= 4 is 35.3 Å². The summed E-state index contributed by atoms with van der Waals surface area (Å²) in [7, 11) is 0. The molecule has 1 N–H and O–H groups in total. The monoisotopic (exact) mass is 368 g/mol. The number of nitrogens with zero attached hydrogens (tertiary/aromatic N) is 1. The lowest BCUT2D eigenvalue weighted by Gasteiger charge is -2.19. The summed E-state index contributed by atoms with van der Waals surface area (Å²) in [5, 5.41) is 2.70. The van der Waals surface area contributed by atoms with E-state index in [2.05, 4.69) is 5.43 Å². The summed E-state index contributed by atoms with van der Waals surface area (Å²) < 4.78 is 5.82. The normalized spacial score (nSPS) is 20.0. The Labute approximate surface area is 156 Å². The van der Waals surface area contributed by atoms with Gasteiger partial charge in [-0.3, -0.25) is 15.0 Å². The van der Waals surface area contributed by atoms with E-state index in [0.717, 1.165) is 5.09 Å². The first-order valence-corrected chi connectivity index (χ1v) is 9.77. The molecule has 1 aromatic heterocycles. The van der Waals surface area contributed by atoms with Crippen molar-refractivity contribution in [3.05, 3.63) is 53.8 Å². The van der Waals surface area contributed by atoms with Crippen molar-refractivity contribution in [2.75, 3.05) is 5.01 Å². The predicted octanol–water partition coefficient (Wildman–Crippen LogP) is 4.17. The van der Waals surface area contributed by atoms with Crippen LogP contribution >= 0.6 is 11.8 Å². The summed E-state index contributed by atoms with van der Waals surface area (Å²) in [6, 6.07) is 12.8. The Morgan fingerprint density at radius 1 is 1.04 bits per heavy atom. The standard InChI is InChI=1S/C20H20N2O3S/c23-19-17(20(24)22(21-19)14-7-3-1-4-8-14)13-15-11-12-18(25-15)26-16-9-5-2-6-10-16/h1,3-4,7-8,11-13,16H,2,5-6,9-10H2,(H,21,23)/b17-13+. The smallest absolute Gasteiger partial charge is 0.282 e. The van der Waals surface area contributed by atoms with E-state index in [1.807, 2.05) is 30.3 Å². The topological polar surface area (TPSA) is 62.6 Å². The molecule has 2 amide bonds. The van der Waals surface area contributed by atoms with Crippen LogP contribution in [0.25, 0.3) is 6.08 Å². The molecule has 2 heterocycles. The summed E-state index contributed by atoms with van der Waals surface area (Å²) in [5.41, 5.74) is 3.30. The molecule has 6 heteroatoms. The molecule has 2 aliphatic rings. The number of thioether (sulfide) groups is 1. The lowest BCUT2D eigenvalue weighted by molar-refractivity contribution is -0.117. The Kier molecular flexibility index (Phi) is 4.84. The lowest BCUT2D eigenvalue weighted by atomic mass is 10.0. The molecule has 0 bridgehead atoms. The van der Waals surface area contributed by atoms with Crippen LogP contribution in [0.4, 0.5) is 5.69 Å². The van der Waals surface area contributed by atoms with Crippen molar-refractivity contribution in [2.24, 2.45) is 0 Å². The lowest BCUT2D eigenvalue weighted by Crippen LogP contribution is -2.35. The number of benzene rings is 1. The molecule has 2 aromatic rings. The Bertz CT molecular complexity index is 838. The van der Waals surface area contributed by atoms with Crippen molar-refractivity contribution in [3.63, 3.8) is 0 Å². The van der Waals surface area contributed by atoms with Gasteiger partial charge in [0.15, 0.2) is 5.09 Å². The summed E-state index contributed by atoms with van der Waals surface area (Å²) in [4.78, 5) is 24.8. The van der Waals surface area contributed by atoms with E-state index in [4.69, 9.17) is 4.42 Å². The minimum Gasteiger partial charge on any atom is -0.450 e. The molecule has 1 aliphatic heterocycles. The van der Waals surface area contributed by atoms with Crippen LogP contribution < -0.4 is 10.4 Å². The fraction of sp³-hybridized carbons (Fsp3) is 0.300. The maximum atomic E-state index is 12.6. The number of hydrazine groups is 1. The van der Waals surface area contributed by atoms with E-state index in [1.54, 1.807) is 23.9 Å². The molecule has 0 radical (unpaired) electrons. The SMILES string of the molecule is O=C1NN(c2ccccc2)C(=O)/C1=C/c1ccc(SC2CCCCC2)o1. The summed E-state index contributed by atoms with van der Waals surface area (Å²) in [6.45, 7) is 0. The number of rotatable bonds is 4. The van der Waals surface area contributed by atoms with E-state index in [-0.39, 0.29) is 11.5 Å². The Morgan fingerprint density at radius 2 is 1.81 bits per heavy atom. The highest BCUT2D eigenvalue weighted by atomic mass is 32.2. The van der Waals surface area contributed by atoms with Crippen LogP contribution in [-0.4, -0.2) is 17.1 Å². The fourth-order valence-electron chi connectivity index (χ4n) is 3.28. The molecule has 26 heavy (non-hydrogen) atoms. The van der Waals surface area contributed by atoms with Gasteiger partial charge in [-0.1, -0.05) is 49.2 Å². The minimum absolute atomic E-state index is 0.0809. The van der Waals surface area contributed by atoms with Crippen LogP contribution in [0.15, 0.2) is 57.5 Å². The molecule has 0 unspecified atom stereocenters. The summed E-state index contributed by atoms with van der Waals surface area (Å²) >= 11 is 1.75. The van der Waals surface area contributed by atoms with Crippen LogP contribution in [0.5, 0.6) is 0 Å². The Morgan fingerprint density at radius 3 is 2.58 bits per heavy atom. The van der Waals surface area contributed by atoms with Gasteiger partial charge in [-0.2, -0.15) is 0 Å². The van der Waals surface area contributed by atoms with E-state index in [0.29, 0.717) is 16.7 Å². The van der Waals surface area contributed by atoms with Gasteiger partial charge in [0.1, 0.15) is 11.3 Å². The van der Waals surface area contributed by atoms with Gasteiger partial charge in [0.2, 0.25) is 0 Å². The molecule has 4 rings (SSSR count). The number of para-hydroxylation sites is 1. The molecule has 0 spiro atoms. The third kappa shape index (κ3) is 3.55. The van der Waals surface area contributed by atoms with Crippen LogP contribution in [0.2, 0.25) is 0 Å². The first-order chi connectivity index (χ1) is 12.7. The average molecular weight is 368 g/mol. The van der Waals surface area contributed by atoms with Gasteiger partial charge in [-0.25, -0.2) is 5.01 Å². The molecule has 2 fully saturated rings. The summed E-state index contributed by atoms with van der Waals surface area (Å²) in [6.07, 6.45) is 7.83. The molecule has 1 saturated carbocycles. The van der Waals surface area contributed by atoms with Gasteiger partial charge in [0.25, 0.3) is 11.8 Å². The number of anilines is 1. The van der Waals surface area contributed by atoms with E-state index < -0.39 is 5.91 Å². The molecule has 1 aliphatic carbocycles. The van der Waals surface area contributed by atoms with Gasteiger partial charge < -0.3 is 4.42 Å². The fourth-order valence-corrected chi connectivity index (χ4v) is 4.47. The zero-order valence-electron chi connectivity index (χ0n) is 14.3. The second-order valence-electron chi connectivity index (χ2n) is 6.51. The third-order valence-corrected chi connectivity index (χ3v) is 5.89. The first-order valence-electron chi connectivity index (χ1n) is 8.89. The number of nitrogens with one attached hydrogen (secondary N) is 1. The van der Waals surface area contributed by atoms with Crippen molar-refractivity contribution in [2.45, 2.75) is 42.4 Å². The minimum atomic E-state index is -0.420. The zero-order chi connectivity index (χ0) is 17.9.